The molecule has 5 aliphatic rings. The van der Waals surface area contributed by atoms with Crippen molar-refractivity contribution in [2.24, 2.45) is 34.5 Å². The van der Waals surface area contributed by atoms with Gasteiger partial charge in [0.2, 0.25) is 0 Å². The van der Waals surface area contributed by atoms with Crippen LogP contribution in [0, 0.1) is 34.5 Å². The fourth-order valence-electron chi connectivity index (χ4n) is 7.45. The van der Waals surface area contributed by atoms with Crippen molar-refractivity contribution in [1.29, 1.82) is 0 Å². The molecule has 0 bridgehead atoms. The maximum Gasteiger partial charge on any atom is 0.174 e. The van der Waals surface area contributed by atoms with Gasteiger partial charge in [-0.15, -0.1) is 0 Å². The van der Waals surface area contributed by atoms with Crippen LogP contribution in [0.1, 0.15) is 58.3 Å². The Morgan fingerprint density at radius 2 is 2.05 bits per heavy atom. The molecule has 0 aromatic rings. The lowest BCUT2D eigenvalue weighted by Gasteiger charge is -2.55. The summed E-state index contributed by atoms with van der Waals surface area (Å²) < 4.78 is 0. The molecule has 0 aromatic carbocycles. The minimum atomic E-state index is -0.0827. The van der Waals surface area contributed by atoms with Crippen molar-refractivity contribution in [3.8, 4) is 0 Å². The van der Waals surface area contributed by atoms with E-state index in [0.29, 0.717) is 28.7 Å². The van der Waals surface area contributed by atoms with Crippen LogP contribution in [0.25, 0.3) is 0 Å². The number of hydrogen-bond acceptors (Lipinski definition) is 2. The molecule has 0 aliphatic heterocycles. The Morgan fingerprint density at radius 1 is 1.23 bits per heavy atom. The Bertz CT molecular complexity index is 596. The second-order valence-electron chi connectivity index (χ2n) is 8.87. The van der Waals surface area contributed by atoms with Gasteiger partial charge in [0, 0.05) is 6.42 Å². The van der Waals surface area contributed by atoms with E-state index in [-0.39, 0.29) is 17.3 Å². The minimum absolute atomic E-state index is 0.0827. The maximum absolute atomic E-state index is 11.9. The van der Waals surface area contributed by atoms with Gasteiger partial charge in [-0.1, -0.05) is 18.5 Å². The number of fused-ring (bicyclic) bond motifs is 3. The van der Waals surface area contributed by atoms with Gasteiger partial charge in [-0.2, -0.15) is 0 Å². The van der Waals surface area contributed by atoms with Crippen LogP contribution in [-0.4, -0.2) is 17.0 Å². The van der Waals surface area contributed by atoms with Crippen molar-refractivity contribution in [2.75, 3.05) is 0 Å². The van der Waals surface area contributed by atoms with Crippen LogP contribution >= 0.6 is 11.6 Å². The zero-order valence-corrected chi connectivity index (χ0v) is 14.0. The molecule has 5 rings (SSSR count). The molecule has 4 saturated carbocycles. The van der Waals surface area contributed by atoms with E-state index >= 15 is 0 Å². The van der Waals surface area contributed by atoms with Crippen LogP contribution in [-0.2, 0) is 4.79 Å². The molecule has 22 heavy (non-hydrogen) atoms. The standard InChI is InChI=1S/C19H25ClO2/c1-18-7-6-12-11-3-5-15(21)17(20)13(11)2-4-14(12)19(18)9-10(19)8-16(18)22/h10-12,14,16,22H,2-9H2,1H3/t10-,11-,12-,14-,16+,18-,19+/m1/s1. The van der Waals surface area contributed by atoms with Gasteiger partial charge < -0.3 is 5.11 Å². The predicted molar refractivity (Wildman–Crippen MR) is 85.3 cm³/mol. The fraction of sp³-hybridized carbons (Fsp3) is 0.842. The number of ketones is 1. The summed E-state index contributed by atoms with van der Waals surface area (Å²) in [4.78, 5) is 11.9. The zero-order chi connectivity index (χ0) is 15.3. The summed E-state index contributed by atoms with van der Waals surface area (Å²) in [5.41, 5.74) is 1.87. The number of aliphatic hydroxyl groups is 1. The average Bonchev–Trinajstić information content (AvgIpc) is 3.16. The lowest BCUT2D eigenvalue weighted by Crippen LogP contribution is -2.50. The summed E-state index contributed by atoms with van der Waals surface area (Å²) >= 11 is 6.37. The van der Waals surface area contributed by atoms with Crippen LogP contribution in [0.5, 0.6) is 0 Å². The Morgan fingerprint density at radius 3 is 2.86 bits per heavy atom. The summed E-state index contributed by atoms with van der Waals surface area (Å²) in [5, 5.41) is 11.2. The van der Waals surface area contributed by atoms with Crippen molar-refractivity contribution < 1.29 is 9.90 Å². The highest BCUT2D eigenvalue weighted by Crippen LogP contribution is 2.81. The molecular weight excluding hydrogens is 296 g/mol. The maximum atomic E-state index is 11.9. The molecule has 1 spiro atoms. The predicted octanol–water partition coefficient (Wildman–Crippen LogP) is 4.06. The number of allylic oxidation sites excluding steroid dienone is 1. The van der Waals surface area contributed by atoms with Crippen LogP contribution < -0.4 is 0 Å². The van der Waals surface area contributed by atoms with E-state index in [1.165, 1.54) is 31.3 Å². The summed E-state index contributed by atoms with van der Waals surface area (Å²) in [7, 11) is 0. The van der Waals surface area contributed by atoms with Gasteiger partial charge in [0.15, 0.2) is 5.78 Å². The molecule has 2 nitrogen and oxygen atoms in total. The second-order valence-corrected chi connectivity index (χ2v) is 9.24. The van der Waals surface area contributed by atoms with Crippen LogP contribution in [0.4, 0.5) is 0 Å². The first-order valence-corrected chi connectivity index (χ1v) is 9.46. The Balaban J connectivity index is 1.54. The van der Waals surface area contributed by atoms with Gasteiger partial charge in [0.25, 0.3) is 0 Å². The molecule has 0 aromatic heterocycles. The highest BCUT2D eigenvalue weighted by Gasteiger charge is 2.76. The van der Waals surface area contributed by atoms with E-state index in [0.717, 1.165) is 31.1 Å². The van der Waals surface area contributed by atoms with Gasteiger partial charge in [-0.05, 0) is 85.0 Å². The Labute approximate surface area is 137 Å². The van der Waals surface area contributed by atoms with E-state index in [9.17, 15) is 9.90 Å². The number of hydrogen-bond donors (Lipinski definition) is 1. The average molecular weight is 321 g/mol. The number of halogens is 1. The minimum Gasteiger partial charge on any atom is -0.393 e. The highest BCUT2D eigenvalue weighted by atomic mass is 35.5. The van der Waals surface area contributed by atoms with E-state index < -0.39 is 0 Å². The number of aliphatic hydroxyl groups excluding tert-OH is 1. The van der Waals surface area contributed by atoms with Gasteiger partial charge in [-0.25, -0.2) is 0 Å². The van der Waals surface area contributed by atoms with Crippen molar-refractivity contribution in [3.63, 3.8) is 0 Å². The first-order chi connectivity index (χ1) is 10.5. The van der Waals surface area contributed by atoms with Gasteiger partial charge in [0.1, 0.15) is 0 Å². The molecule has 5 aliphatic carbocycles. The summed E-state index contributed by atoms with van der Waals surface area (Å²) in [6.07, 6.45) is 8.57. The lowest BCUT2D eigenvalue weighted by molar-refractivity contribution is -0.117. The number of rotatable bonds is 0. The van der Waals surface area contributed by atoms with Crippen molar-refractivity contribution in [1.82, 2.24) is 0 Å². The number of carbonyl (C=O) groups is 1. The van der Waals surface area contributed by atoms with Gasteiger partial charge in [0.05, 0.1) is 11.1 Å². The van der Waals surface area contributed by atoms with E-state index in [2.05, 4.69) is 6.92 Å². The van der Waals surface area contributed by atoms with E-state index in [1.807, 2.05) is 0 Å². The van der Waals surface area contributed by atoms with Gasteiger partial charge >= 0.3 is 0 Å². The molecule has 3 heteroatoms. The molecule has 0 unspecified atom stereocenters. The van der Waals surface area contributed by atoms with Crippen LogP contribution in [0.2, 0.25) is 0 Å². The Hall–Kier alpha value is -0.340. The number of carbonyl (C=O) groups excluding carboxylic acids is 1. The molecule has 0 heterocycles. The molecule has 1 N–H and O–H groups in total. The SMILES string of the molecule is C[C@]12CC[C@H]3[C@@H](CCC4=C(Cl)C(=O)CC[C@@H]43)[C@@]13C[C@H]3C[C@@H]2O. The van der Waals surface area contributed by atoms with Crippen molar-refractivity contribution >= 4 is 17.4 Å². The monoisotopic (exact) mass is 320 g/mol. The molecule has 0 saturated heterocycles. The Kier molecular flexibility index (Phi) is 2.67. The van der Waals surface area contributed by atoms with Crippen LogP contribution in [0.15, 0.2) is 10.6 Å². The second kappa shape index (κ2) is 4.19. The van der Waals surface area contributed by atoms with Crippen LogP contribution in [0.3, 0.4) is 0 Å². The lowest BCUT2D eigenvalue weighted by atomic mass is 9.49. The third-order valence-corrected chi connectivity index (χ3v) is 8.99. The zero-order valence-electron chi connectivity index (χ0n) is 13.3. The van der Waals surface area contributed by atoms with Gasteiger partial charge in [-0.3, -0.25) is 4.79 Å². The fourth-order valence-corrected chi connectivity index (χ4v) is 7.78. The molecule has 0 amide bonds. The smallest absolute Gasteiger partial charge is 0.174 e. The topological polar surface area (TPSA) is 37.3 Å². The molecule has 0 radical (unpaired) electrons. The molecule has 7 atom stereocenters. The molecule has 4 fully saturated rings. The third-order valence-electron chi connectivity index (χ3n) is 8.53. The highest BCUT2D eigenvalue weighted by molar-refractivity contribution is 6.43. The summed E-state index contributed by atoms with van der Waals surface area (Å²) in [6.45, 7) is 2.36. The number of Topliss-reactive ketones (excluding diaryl/α,β-unsaturated/α-hetero) is 1. The first-order valence-electron chi connectivity index (χ1n) is 9.09. The summed E-state index contributed by atoms with van der Waals surface area (Å²) in [5.74, 6) is 2.98. The van der Waals surface area contributed by atoms with E-state index in [4.69, 9.17) is 11.6 Å². The summed E-state index contributed by atoms with van der Waals surface area (Å²) in [6, 6.07) is 0. The van der Waals surface area contributed by atoms with Crippen molar-refractivity contribution in [2.45, 2.75) is 64.4 Å². The molecular formula is C19H25ClO2. The third kappa shape index (κ3) is 1.41. The van der Waals surface area contributed by atoms with Crippen molar-refractivity contribution in [3.05, 3.63) is 10.6 Å². The largest absolute Gasteiger partial charge is 0.393 e. The normalized spacial score (nSPS) is 56.1. The quantitative estimate of drug-likeness (QED) is 0.731. The molecule has 120 valence electrons. The van der Waals surface area contributed by atoms with E-state index in [1.54, 1.807) is 0 Å². The first kappa shape index (κ1) is 14.0.